The Morgan fingerprint density at radius 2 is 1.80 bits per heavy atom. The van der Waals surface area contributed by atoms with Crippen LogP contribution in [-0.2, 0) is 4.79 Å². The summed E-state index contributed by atoms with van der Waals surface area (Å²) in [4.78, 5) is 12.0. The first-order chi connectivity index (χ1) is 7.00. The molecule has 15 heavy (non-hydrogen) atoms. The van der Waals surface area contributed by atoms with Crippen molar-refractivity contribution in [3.05, 3.63) is 35.9 Å². The number of hydrogen-bond donors (Lipinski definition) is 0. The quantitative estimate of drug-likeness (QED) is 0.718. The van der Waals surface area contributed by atoms with Gasteiger partial charge in [0.1, 0.15) is 5.78 Å². The van der Waals surface area contributed by atoms with Crippen molar-refractivity contribution in [2.75, 3.05) is 0 Å². The van der Waals surface area contributed by atoms with E-state index in [9.17, 15) is 4.79 Å². The average Bonchev–Trinajstić information content (AvgIpc) is 2.96. The Hall–Kier alpha value is -1.11. The van der Waals surface area contributed by atoms with Gasteiger partial charge >= 0.3 is 0 Å². The van der Waals surface area contributed by atoms with Crippen LogP contribution < -0.4 is 0 Å². The lowest BCUT2D eigenvalue weighted by Crippen LogP contribution is -2.22. The van der Waals surface area contributed by atoms with Crippen LogP contribution in [0.2, 0.25) is 0 Å². The molecule has 1 saturated carbocycles. The lowest BCUT2D eigenvalue weighted by atomic mass is 9.87. The zero-order valence-electron chi connectivity index (χ0n) is 9.66. The molecule has 0 bridgehead atoms. The van der Waals surface area contributed by atoms with E-state index in [1.807, 2.05) is 39.0 Å². The van der Waals surface area contributed by atoms with Gasteiger partial charge in [-0.3, -0.25) is 4.79 Å². The van der Waals surface area contributed by atoms with Crippen molar-refractivity contribution >= 4 is 5.78 Å². The highest BCUT2D eigenvalue weighted by Crippen LogP contribution is 2.50. The van der Waals surface area contributed by atoms with Crippen molar-refractivity contribution in [1.82, 2.24) is 0 Å². The molecule has 1 fully saturated rings. The third-order valence-electron chi connectivity index (χ3n) is 3.09. The first kappa shape index (κ1) is 10.4. The molecule has 0 heterocycles. The van der Waals surface area contributed by atoms with E-state index in [2.05, 4.69) is 12.1 Å². The van der Waals surface area contributed by atoms with Crippen LogP contribution in [0.1, 0.15) is 38.7 Å². The predicted molar refractivity (Wildman–Crippen MR) is 61.8 cm³/mol. The summed E-state index contributed by atoms with van der Waals surface area (Å²) in [5.74, 6) is 1.17. The van der Waals surface area contributed by atoms with E-state index in [0.29, 0.717) is 11.7 Å². The van der Waals surface area contributed by atoms with Crippen LogP contribution in [0.25, 0.3) is 0 Å². The van der Waals surface area contributed by atoms with E-state index >= 15 is 0 Å². The molecule has 0 spiro atoms. The zero-order chi connectivity index (χ0) is 11.1. The van der Waals surface area contributed by atoms with Gasteiger partial charge in [0.2, 0.25) is 0 Å². The summed E-state index contributed by atoms with van der Waals surface area (Å²) in [5, 5.41) is 0. The van der Waals surface area contributed by atoms with E-state index in [-0.39, 0.29) is 11.3 Å². The minimum absolute atomic E-state index is 0.186. The molecule has 0 N–H and O–H groups in total. The van der Waals surface area contributed by atoms with Gasteiger partial charge in [-0.15, -0.1) is 0 Å². The molecule has 80 valence electrons. The number of rotatable bonds is 2. The van der Waals surface area contributed by atoms with Crippen LogP contribution in [0.4, 0.5) is 0 Å². The van der Waals surface area contributed by atoms with Gasteiger partial charge in [-0.05, 0) is 17.9 Å². The molecule has 1 aliphatic carbocycles. The maximum atomic E-state index is 12.0. The Morgan fingerprint density at radius 1 is 1.20 bits per heavy atom. The van der Waals surface area contributed by atoms with Gasteiger partial charge in [-0.25, -0.2) is 0 Å². The van der Waals surface area contributed by atoms with Crippen LogP contribution in [0.15, 0.2) is 30.3 Å². The molecule has 2 rings (SSSR count). The molecule has 0 unspecified atom stereocenters. The van der Waals surface area contributed by atoms with Crippen LogP contribution in [0.5, 0.6) is 0 Å². The summed E-state index contributed by atoms with van der Waals surface area (Å²) in [6.45, 7) is 6.03. The monoisotopic (exact) mass is 202 g/mol. The van der Waals surface area contributed by atoms with Crippen LogP contribution in [0.3, 0.4) is 0 Å². The molecule has 0 aliphatic heterocycles. The summed E-state index contributed by atoms with van der Waals surface area (Å²) < 4.78 is 0. The molecule has 1 nitrogen and oxygen atoms in total. The highest BCUT2D eigenvalue weighted by atomic mass is 16.1. The van der Waals surface area contributed by atoms with Crippen molar-refractivity contribution in [2.45, 2.75) is 33.1 Å². The Kier molecular flexibility index (Phi) is 2.41. The molecular formula is C14H18O. The standard InChI is InChI=1S/C14H18O/c1-14(2,3)13(15)12-9-11(12)10-7-5-4-6-8-10/h4-8,11-12H,9H2,1-3H3/t11-,12-/m1/s1. The van der Waals surface area contributed by atoms with Gasteiger partial charge in [0.15, 0.2) is 0 Å². The van der Waals surface area contributed by atoms with Gasteiger partial charge in [0.05, 0.1) is 0 Å². The summed E-state index contributed by atoms with van der Waals surface area (Å²) in [6, 6.07) is 10.4. The molecule has 1 aliphatic rings. The maximum Gasteiger partial charge on any atom is 0.141 e. The SMILES string of the molecule is CC(C)(C)C(=O)[C@@H]1C[C@@H]1c1ccccc1. The molecular weight excluding hydrogens is 184 g/mol. The summed E-state index contributed by atoms with van der Waals surface area (Å²) in [5.41, 5.74) is 1.13. The second-order valence-corrected chi connectivity index (χ2v) is 5.47. The second kappa shape index (κ2) is 3.48. The first-order valence-corrected chi connectivity index (χ1v) is 5.59. The van der Waals surface area contributed by atoms with Crippen LogP contribution in [-0.4, -0.2) is 5.78 Å². The molecule has 0 amide bonds. The summed E-state index contributed by atoms with van der Waals surface area (Å²) >= 11 is 0. The van der Waals surface area contributed by atoms with E-state index in [1.54, 1.807) is 0 Å². The fraction of sp³-hybridized carbons (Fsp3) is 0.500. The van der Waals surface area contributed by atoms with E-state index in [4.69, 9.17) is 0 Å². The molecule has 0 saturated heterocycles. The molecule has 2 atom stereocenters. The maximum absolute atomic E-state index is 12.0. The van der Waals surface area contributed by atoms with Gasteiger partial charge in [-0.1, -0.05) is 51.1 Å². The summed E-state index contributed by atoms with van der Waals surface area (Å²) in [6.07, 6.45) is 1.04. The van der Waals surface area contributed by atoms with Crippen molar-refractivity contribution in [1.29, 1.82) is 0 Å². The van der Waals surface area contributed by atoms with Crippen molar-refractivity contribution in [2.24, 2.45) is 11.3 Å². The van der Waals surface area contributed by atoms with Crippen LogP contribution in [0, 0.1) is 11.3 Å². The number of Topliss-reactive ketones (excluding diaryl/α,β-unsaturated/α-hetero) is 1. The number of hydrogen-bond acceptors (Lipinski definition) is 1. The Labute approximate surface area is 91.5 Å². The lowest BCUT2D eigenvalue weighted by molar-refractivity contribution is -0.127. The molecule has 0 radical (unpaired) electrons. The van der Waals surface area contributed by atoms with Gasteiger partial charge in [0.25, 0.3) is 0 Å². The van der Waals surface area contributed by atoms with Crippen LogP contribution >= 0.6 is 0 Å². The third-order valence-corrected chi connectivity index (χ3v) is 3.09. The van der Waals surface area contributed by atoms with Gasteiger partial charge in [-0.2, -0.15) is 0 Å². The number of benzene rings is 1. The van der Waals surface area contributed by atoms with Crippen molar-refractivity contribution in [3.63, 3.8) is 0 Å². The normalized spacial score (nSPS) is 25.0. The van der Waals surface area contributed by atoms with E-state index in [1.165, 1.54) is 5.56 Å². The number of ketones is 1. The molecule has 0 aromatic heterocycles. The minimum Gasteiger partial charge on any atom is -0.299 e. The molecule has 1 heteroatoms. The minimum atomic E-state index is -0.186. The van der Waals surface area contributed by atoms with E-state index < -0.39 is 0 Å². The predicted octanol–water partition coefficient (Wildman–Crippen LogP) is 3.41. The fourth-order valence-electron chi connectivity index (χ4n) is 2.11. The number of carbonyl (C=O) groups is 1. The van der Waals surface area contributed by atoms with Gasteiger partial charge in [0, 0.05) is 11.3 Å². The number of carbonyl (C=O) groups excluding carboxylic acids is 1. The molecule has 1 aromatic carbocycles. The highest BCUT2D eigenvalue weighted by Gasteiger charge is 2.46. The Morgan fingerprint density at radius 3 is 2.33 bits per heavy atom. The largest absolute Gasteiger partial charge is 0.299 e. The summed E-state index contributed by atoms with van der Waals surface area (Å²) in [7, 11) is 0. The third kappa shape index (κ3) is 2.11. The smallest absolute Gasteiger partial charge is 0.141 e. The Bertz CT molecular complexity index is 359. The zero-order valence-corrected chi connectivity index (χ0v) is 9.66. The van der Waals surface area contributed by atoms with Crippen molar-refractivity contribution in [3.8, 4) is 0 Å². The first-order valence-electron chi connectivity index (χ1n) is 5.59. The van der Waals surface area contributed by atoms with E-state index in [0.717, 1.165) is 6.42 Å². The topological polar surface area (TPSA) is 17.1 Å². The average molecular weight is 202 g/mol. The molecule has 1 aromatic rings. The highest BCUT2D eigenvalue weighted by molar-refractivity contribution is 5.89. The lowest BCUT2D eigenvalue weighted by Gasteiger charge is -2.16. The fourth-order valence-corrected chi connectivity index (χ4v) is 2.11. The Balaban J connectivity index is 2.06. The van der Waals surface area contributed by atoms with Gasteiger partial charge < -0.3 is 0 Å². The second-order valence-electron chi connectivity index (χ2n) is 5.47. The van der Waals surface area contributed by atoms with Crippen molar-refractivity contribution < 1.29 is 4.79 Å².